The molecular weight excluding hydrogens is 444 g/mol. The lowest BCUT2D eigenvalue weighted by Crippen LogP contribution is -2.68. The van der Waals surface area contributed by atoms with Gasteiger partial charge in [0.1, 0.15) is 18.9 Å². The number of aliphatic carboxylic acids is 1. The number of benzene rings is 1. The van der Waals surface area contributed by atoms with Crippen LogP contribution in [-0.4, -0.2) is 78.8 Å². The summed E-state index contributed by atoms with van der Waals surface area (Å²) in [6.45, 7) is 7.89. The predicted molar refractivity (Wildman–Crippen MR) is 123 cm³/mol. The van der Waals surface area contributed by atoms with Crippen molar-refractivity contribution < 1.29 is 38.4 Å². The lowest BCUT2D eigenvalue weighted by atomic mass is 9.85. The van der Waals surface area contributed by atoms with Gasteiger partial charge in [-0.15, -0.1) is 0 Å². The number of carbonyl (C=O) groups excluding carboxylic acids is 2. The molecule has 10 heteroatoms. The molecule has 0 radical (unpaired) electrons. The van der Waals surface area contributed by atoms with E-state index in [2.05, 4.69) is 11.9 Å². The highest BCUT2D eigenvalue weighted by molar-refractivity contribution is 6.04. The lowest BCUT2D eigenvalue weighted by molar-refractivity contribution is -0.186. The summed E-state index contributed by atoms with van der Waals surface area (Å²) in [7, 11) is 0. The number of esters is 1. The summed E-state index contributed by atoms with van der Waals surface area (Å²) in [5.74, 6) is -2.36. The Hall–Kier alpha value is -2.95. The Morgan fingerprint density at radius 2 is 1.85 bits per heavy atom. The van der Waals surface area contributed by atoms with Crippen LogP contribution in [0.2, 0.25) is 0 Å². The van der Waals surface area contributed by atoms with Crippen LogP contribution in [0.15, 0.2) is 43.0 Å². The second-order valence-corrected chi connectivity index (χ2v) is 7.80. The van der Waals surface area contributed by atoms with Crippen molar-refractivity contribution in [2.24, 2.45) is 0 Å². The Balaban J connectivity index is 2.35. The summed E-state index contributed by atoms with van der Waals surface area (Å²) >= 11 is 0. The second-order valence-electron chi connectivity index (χ2n) is 7.80. The molecule has 0 aliphatic carbocycles. The van der Waals surface area contributed by atoms with E-state index in [-0.39, 0.29) is 52.5 Å². The van der Waals surface area contributed by atoms with E-state index in [0.29, 0.717) is 0 Å². The summed E-state index contributed by atoms with van der Waals surface area (Å²) in [5, 5.41) is 13.0. The third-order valence-corrected chi connectivity index (χ3v) is 5.65. The summed E-state index contributed by atoms with van der Waals surface area (Å²) in [6.07, 6.45) is 0.351. The van der Waals surface area contributed by atoms with Crippen molar-refractivity contribution in [2.75, 3.05) is 39.5 Å². The minimum Gasteiger partial charge on any atom is -0.479 e. The standard InChI is InChI=1S/C24H34N2O8/c1-4-14-32-21(29)24(20(27)28,26-12-15-31-16-13-26)18-23(5-2,34-6-3)25-22(30)33-17-19-10-8-7-9-11-19/h4,7-11H,1,5-6,12-18H2,2-3H3,(H,25,30)(H,27,28). The van der Waals surface area contributed by atoms with Crippen LogP contribution < -0.4 is 5.32 Å². The van der Waals surface area contributed by atoms with E-state index in [1.165, 1.54) is 11.0 Å². The number of ether oxygens (including phenoxy) is 4. The summed E-state index contributed by atoms with van der Waals surface area (Å²) in [5.41, 5.74) is -2.84. The van der Waals surface area contributed by atoms with Crippen LogP contribution in [0.25, 0.3) is 0 Å². The number of carbonyl (C=O) groups is 3. The number of hydrogen-bond donors (Lipinski definition) is 2. The average Bonchev–Trinajstić information content (AvgIpc) is 2.85. The number of nitrogens with one attached hydrogen (secondary N) is 1. The van der Waals surface area contributed by atoms with Crippen molar-refractivity contribution >= 4 is 18.0 Å². The normalized spacial score (nSPS) is 17.6. The minimum absolute atomic E-state index is 0.0213. The number of rotatable bonds is 13. The molecule has 0 bridgehead atoms. The zero-order valence-electron chi connectivity index (χ0n) is 19.8. The average molecular weight is 479 g/mol. The predicted octanol–water partition coefficient (Wildman–Crippen LogP) is 2.33. The van der Waals surface area contributed by atoms with Crippen molar-refractivity contribution in [3.05, 3.63) is 48.6 Å². The van der Waals surface area contributed by atoms with E-state index >= 15 is 0 Å². The van der Waals surface area contributed by atoms with Crippen molar-refractivity contribution in [3.63, 3.8) is 0 Å². The SMILES string of the molecule is C=CCOC(=O)C(CC(CC)(NC(=O)OCc1ccccc1)OCC)(C(=O)O)N1CCOCC1. The minimum atomic E-state index is -2.12. The van der Waals surface area contributed by atoms with Gasteiger partial charge in [-0.3, -0.25) is 10.2 Å². The fraction of sp³-hybridized carbons (Fsp3) is 0.542. The van der Waals surface area contributed by atoms with Crippen molar-refractivity contribution in [1.82, 2.24) is 10.2 Å². The van der Waals surface area contributed by atoms with E-state index in [1.807, 2.05) is 30.3 Å². The second kappa shape index (κ2) is 13.1. The molecule has 0 aromatic heterocycles. The van der Waals surface area contributed by atoms with Crippen LogP contribution in [0.5, 0.6) is 0 Å². The molecule has 2 unspecified atom stereocenters. The Morgan fingerprint density at radius 3 is 2.41 bits per heavy atom. The number of hydrogen-bond acceptors (Lipinski definition) is 8. The molecule has 2 N–H and O–H groups in total. The highest BCUT2D eigenvalue weighted by Gasteiger charge is 2.58. The Bertz CT molecular complexity index is 828. The highest BCUT2D eigenvalue weighted by atomic mass is 16.6. The number of carboxylic acids is 1. The van der Waals surface area contributed by atoms with Crippen LogP contribution in [0.3, 0.4) is 0 Å². The van der Waals surface area contributed by atoms with Crippen molar-refractivity contribution in [2.45, 2.75) is 44.6 Å². The molecule has 1 saturated heterocycles. The molecule has 188 valence electrons. The third kappa shape index (κ3) is 6.78. The topological polar surface area (TPSA) is 124 Å². The molecule has 1 fully saturated rings. The zero-order valence-corrected chi connectivity index (χ0v) is 19.8. The van der Waals surface area contributed by atoms with E-state index in [1.54, 1.807) is 13.8 Å². The molecule has 10 nitrogen and oxygen atoms in total. The molecule has 34 heavy (non-hydrogen) atoms. The molecule has 1 amide bonds. The highest BCUT2D eigenvalue weighted by Crippen LogP contribution is 2.33. The summed E-state index contributed by atoms with van der Waals surface area (Å²) < 4.78 is 21.8. The van der Waals surface area contributed by atoms with Crippen LogP contribution in [0, 0.1) is 0 Å². The van der Waals surface area contributed by atoms with Gasteiger partial charge < -0.3 is 24.1 Å². The maximum atomic E-state index is 13.2. The Labute approximate surface area is 199 Å². The van der Waals surface area contributed by atoms with Gasteiger partial charge in [0.2, 0.25) is 5.54 Å². The molecule has 1 aliphatic heterocycles. The Kier molecular flexibility index (Phi) is 10.5. The summed E-state index contributed by atoms with van der Waals surface area (Å²) in [4.78, 5) is 40.2. The first-order valence-corrected chi connectivity index (χ1v) is 11.3. The number of alkyl carbamates (subject to hydrolysis) is 1. The number of carboxylic acid groups (broad SMARTS) is 1. The number of morpholine rings is 1. The third-order valence-electron chi connectivity index (χ3n) is 5.65. The molecule has 0 spiro atoms. The molecule has 2 atom stereocenters. The number of nitrogens with zero attached hydrogens (tertiary/aromatic N) is 1. The van der Waals surface area contributed by atoms with Gasteiger partial charge in [0, 0.05) is 26.1 Å². The maximum Gasteiger partial charge on any atom is 0.409 e. The fourth-order valence-corrected chi connectivity index (χ4v) is 3.89. The largest absolute Gasteiger partial charge is 0.479 e. The van der Waals surface area contributed by atoms with Crippen LogP contribution in [0.1, 0.15) is 32.3 Å². The van der Waals surface area contributed by atoms with Gasteiger partial charge in [-0.1, -0.05) is 49.9 Å². The smallest absolute Gasteiger partial charge is 0.409 e. The lowest BCUT2D eigenvalue weighted by Gasteiger charge is -2.45. The van der Waals surface area contributed by atoms with Crippen LogP contribution in [0.4, 0.5) is 4.79 Å². The number of amides is 1. The van der Waals surface area contributed by atoms with Gasteiger partial charge in [-0.05, 0) is 18.9 Å². The van der Waals surface area contributed by atoms with E-state index in [0.717, 1.165) is 5.56 Å². The van der Waals surface area contributed by atoms with Crippen molar-refractivity contribution in [1.29, 1.82) is 0 Å². The van der Waals surface area contributed by atoms with Gasteiger partial charge in [0.15, 0.2) is 0 Å². The van der Waals surface area contributed by atoms with E-state index in [4.69, 9.17) is 18.9 Å². The first-order valence-electron chi connectivity index (χ1n) is 11.3. The molecule has 0 saturated carbocycles. The Morgan fingerprint density at radius 1 is 1.18 bits per heavy atom. The van der Waals surface area contributed by atoms with E-state index in [9.17, 15) is 19.5 Å². The monoisotopic (exact) mass is 478 g/mol. The van der Waals surface area contributed by atoms with Crippen LogP contribution >= 0.6 is 0 Å². The van der Waals surface area contributed by atoms with Gasteiger partial charge in [-0.25, -0.2) is 14.4 Å². The van der Waals surface area contributed by atoms with Crippen molar-refractivity contribution in [3.8, 4) is 0 Å². The molecule has 2 rings (SSSR count). The fourth-order valence-electron chi connectivity index (χ4n) is 3.89. The first-order chi connectivity index (χ1) is 16.3. The van der Waals surface area contributed by atoms with Crippen LogP contribution in [-0.2, 0) is 35.1 Å². The quantitative estimate of drug-likeness (QED) is 0.190. The molecule has 1 aliphatic rings. The molecular formula is C24H34N2O8. The van der Waals surface area contributed by atoms with Gasteiger partial charge in [-0.2, -0.15) is 0 Å². The van der Waals surface area contributed by atoms with Gasteiger partial charge in [0.25, 0.3) is 0 Å². The summed E-state index contributed by atoms with van der Waals surface area (Å²) in [6, 6.07) is 9.12. The van der Waals surface area contributed by atoms with E-state index < -0.39 is 35.7 Å². The molecule has 1 heterocycles. The molecule has 1 aromatic carbocycles. The molecule has 1 aromatic rings. The van der Waals surface area contributed by atoms with Gasteiger partial charge in [0.05, 0.1) is 13.2 Å². The zero-order chi connectivity index (χ0) is 25.0. The maximum absolute atomic E-state index is 13.2. The first kappa shape index (κ1) is 27.3. The van der Waals surface area contributed by atoms with Gasteiger partial charge >= 0.3 is 18.0 Å².